The molecule has 0 aliphatic carbocycles. The molecule has 0 heterocycles. The zero-order valence-electron chi connectivity index (χ0n) is 10.5. The number of ether oxygens (including phenoxy) is 1. The largest absolute Gasteiger partial charge is 0.495 e. The summed E-state index contributed by atoms with van der Waals surface area (Å²) in [7, 11) is 1.56. The number of nitrogens with zero attached hydrogens (tertiary/aromatic N) is 1. The van der Waals surface area contributed by atoms with Crippen molar-refractivity contribution in [2.45, 2.75) is 6.54 Å². The van der Waals surface area contributed by atoms with Crippen LogP contribution in [-0.2, 0) is 6.54 Å². The summed E-state index contributed by atoms with van der Waals surface area (Å²) >= 11 is 5.83. The second kappa shape index (κ2) is 6.12. The molecule has 96 valence electrons. The zero-order valence-corrected chi connectivity index (χ0v) is 11.2. The quantitative estimate of drug-likeness (QED) is 0.920. The second-order valence-corrected chi connectivity index (χ2v) is 4.44. The molecule has 0 saturated heterocycles. The number of nitrogens with one attached hydrogen (secondary N) is 1. The molecule has 0 atom stereocenters. The van der Waals surface area contributed by atoms with E-state index in [2.05, 4.69) is 11.4 Å². The Kier molecular flexibility index (Phi) is 4.27. The highest BCUT2D eigenvalue weighted by Gasteiger charge is 2.03. The van der Waals surface area contributed by atoms with Crippen molar-refractivity contribution in [3.05, 3.63) is 58.6 Å². The van der Waals surface area contributed by atoms with Gasteiger partial charge >= 0.3 is 0 Å². The van der Waals surface area contributed by atoms with Crippen LogP contribution in [0.25, 0.3) is 0 Å². The third-order valence-corrected chi connectivity index (χ3v) is 2.98. The van der Waals surface area contributed by atoms with Gasteiger partial charge in [0.2, 0.25) is 0 Å². The molecule has 4 heteroatoms. The van der Waals surface area contributed by atoms with Gasteiger partial charge in [0.05, 0.1) is 12.7 Å². The van der Waals surface area contributed by atoms with Gasteiger partial charge < -0.3 is 10.1 Å². The van der Waals surface area contributed by atoms with E-state index in [1.807, 2.05) is 36.4 Å². The fourth-order valence-electron chi connectivity index (χ4n) is 1.71. The summed E-state index contributed by atoms with van der Waals surface area (Å²) in [5.74, 6) is 0.595. The molecule has 0 bridgehead atoms. The maximum absolute atomic E-state index is 8.92. The molecule has 0 aromatic heterocycles. The first-order chi connectivity index (χ1) is 9.22. The number of hydrogen-bond acceptors (Lipinski definition) is 3. The number of methoxy groups -OCH3 is 1. The minimum atomic E-state index is 0.540. The van der Waals surface area contributed by atoms with Gasteiger partial charge in [-0.3, -0.25) is 0 Å². The Bertz CT molecular complexity index is 603. The molecule has 2 aromatic rings. The van der Waals surface area contributed by atoms with Crippen molar-refractivity contribution in [1.29, 1.82) is 5.26 Å². The standard InChI is InChI=1S/C15H13ClN2O/c1-19-15-8-11(2-3-12(15)9-17)10-18-14-6-4-13(16)5-7-14/h2-8,18H,10H2,1H3. The molecule has 0 fully saturated rings. The van der Waals surface area contributed by atoms with Crippen LogP contribution in [0.4, 0.5) is 5.69 Å². The van der Waals surface area contributed by atoms with Crippen LogP contribution < -0.4 is 10.1 Å². The smallest absolute Gasteiger partial charge is 0.136 e. The topological polar surface area (TPSA) is 45.0 Å². The van der Waals surface area contributed by atoms with Crippen molar-refractivity contribution >= 4 is 17.3 Å². The predicted octanol–water partition coefficient (Wildman–Crippen LogP) is 3.83. The van der Waals surface area contributed by atoms with E-state index in [1.165, 1.54) is 0 Å². The van der Waals surface area contributed by atoms with Crippen LogP contribution in [0.1, 0.15) is 11.1 Å². The molecule has 19 heavy (non-hydrogen) atoms. The number of anilines is 1. The van der Waals surface area contributed by atoms with Crippen LogP contribution in [0.3, 0.4) is 0 Å². The Morgan fingerprint density at radius 2 is 1.95 bits per heavy atom. The summed E-state index contributed by atoms with van der Waals surface area (Å²) < 4.78 is 5.18. The summed E-state index contributed by atoms with van der Waals surface area (Å²) in [5, 5.41) is 12.9. The SMILES string of the molecule is COc1cc(CNc2ccc(Cl)cc2)ccc1C#N. The van der Waals surface area contributed by atoms with Gasteiger partial charge in [-0.05, 0) is 42.0 Å². The number of benzene rings is 2. The van der Waals surface area contributed by atoms with Crippen molar-refractivity contribution in [1.82, 2.24) is 0 Å². The monoisotopic (exact) mass is 272 g/mol. The van der Waals surface area contributed by atoms with Crippen molar-refractivity contribution in [3.8, 4) is 11.8 Å². The molecule has 2 rings (SSSR count). The summed E-state index contributed by atoms with van der Waals surface area (Å²) in [5.41, 5.74) is 2.58. The minimum absolute atomic E-state index is 0.540. The minimum Gasteiger partial charge on any atom is -0.495 e. The lowest BCUT2D eigenvalue weighted by Crippen LogP contribution is -2.00. The van der Waals surface area contributed by atoms with Crippen LogP contribution in [-0.4, -0.2) is 7.11 Å². The maximum atomic E-state index is 8.92. The fourth-order valence-corrected chi connectivity index (χ4v) is 1.84. The molecule has 0 saturated carbocycles. The van der Waals surface area contributed by atoms with E-state index >= 15 is 0 Å². The first kappa shape index (κ1) is 13.3. The molecule has 0 spiro atoms. The Morgan fingerprint density at radius 1 is 1.21 bits per heavy atom. The molecule has 1 N–H and O–H groups in total. The molecule has 0 radical (unpaired) electrons. The second-order valence-electron chi connectivity index (χ2n) is 4.01. The molecule has 0 aliphatic heterocycles. The van der Waals surface area contributed by atoms with Gasteiger partial charge in [0.15, 0.2) is 0 Å². The van der Waals surface area contributed by atoms with Gasteiger partial charge in [0, 0.05) is 17.3 Å². The average Bonchev–Trinajstić information content (AvgIpc) is 2.46. The molecule has 2 aromatic carbocycles. The van der Waals surface area contributed by atoms with E-state index in [1.54, 1.807) is 13.2 Å². The van der Waals surface area contributed by atoms with Crippen molar-refractivity contribution < 1.29 is 4.74 Å². The summed E-state index contributed by atoms with van der Waals surface area (Å²) in [6, 6.07) is 15.1. The molecule has 0 unspecified atom stereocenters. The van der Waals surface area contributed by atoms with Crippen LogP contribution in [0.5, 0.6) is 5.75 Å². The lowest BCUT2D eigenvalue weighted by atomic mass is 10.1. The number of hydrogen-bond donors (Lipinski definition) is 1. The number of halogens is 1. The van der Waals surface area contributed by atoms with E-state index in [4.69, 9.17) is 21.6 Å². The fraction of sp³-hybridized carbons (Fsp3) is 0.133. The van der Waals surface area contributed by atoms with E-state index < -0.39 is 0 Å². The summed E-state index contributed by atoms with van der Waals surface area (Å²) in [6.45, 7) is 0.656. The number of nitriles is 1. The Labute approximate surface area is 117 Å². The molecule has 0 amide bonds. The van der Waals surface area contributed by atoms with Gasteiger partial charge in [-0.15, -0.1) is 0 Å². The predicted molar refractivity (Wildman–Crippen MR) is 76.5 cm³/mol. The lowest BCUT2D eigenvalue weighted by Gasteiger charge is -2.09. The van der Waals surface area contributed by atoms with E-state index in [0.717, 1.165) is 11.3 Å². The van der Waals surface area contributed by atoms with E-state index in [9.17, 15) is 0 Å². The zero-order chi connectivity index (χ0) is 13.7. The van der Waals surface area contributed by atoms with E-state index in [-0.39, 0.29) is 0 Å². The van der Waals surface area contributed by atoms with Gasteiger partial charge in [0.25, 0.3) is 0 Å². The Balaban J connectivity index is 2.07. The van der Waals surface area contributed by atoms with Crippen LogP contribution >= 0.6 is 11.6 Å². The third-order valence-electron chi connectivity index (χ3n) is 2.73. The summed E-state index contributed by atoms with van der Waals surface area (Å²) in [6.07, 6.45) is 0. The van der Waals surface area contributed by atoms with Crippen LogP contribution in [0.2, 0.25) is 5.02 Å². The van der Waals surface area contributed by atoms with Crippen molar-refractivity contribution in [2.75, 3.05) is 12.4 Å². The number of rotatable bonds is 4. The van der Waals surface area contributed by atoms with Crippen LogP contribution in [0.15, 0.2) is 42.5 Å². The first-order valence-electron chi connectivity index (χ1n) is 5.79. The van der Waals surface area contributed by atoms with E-state index in [0.29, 0.717) is 22.9 Å². The van der Waals surface area contributed by atoms with Gasteiger partial charge in [-0.25, -0.2) is 0 Å². The van der Waals surface area contributed by atoms with Crippen molar-refractivity contribution in [2.24, 2.45) is 0 Å². The van der Waals surface area contributed by atoms with Crippen molar-refractivity contribution in [3.63, 3.8) is 0 Å². The third kappa shape index (κ3) is 3.40. The lowest BCUT2D eigenvalue weighted by molar-refractivity contribution is 0.413. The normalized spacial score (nSPS) is 9.74. The highest BCUT2D eigenvalue weighted by Crippen LogP contribution is 2.20. The van der Waals surface area contributed by atoms with Gasteiger partial charge in [-0.1, -0.05) is 17.7 Å². The molecular formula is C15H13ClN2O. The first-order valence-corrected chi connectivity index (χ1v) is 6.17. The summed E-state index contributed by atoms with van der Waals surface area (Å²) in [4.78, 5) is 0. The highest BCUT2D eigenvalue weighted by atomic mass is 35.5. The Morgan fingerprint density at radius 3 is 2.58 bits per heavy atom. The van der Waals surface area contributed by atoms with Gasteiger partial charge in [-0.2, -0.15) is 5.26 Å². The maximum Gasteiger partial charge on any atom is 0.136 e. The average molecular weight is 273 g/mol. The van der Waals surface area contributed by atoms with Crippen LogP contribution in [0, 0.1) is 11.3 Å². The molecule has 3 nitrogen and oxygen atoms in total. The highest BCUT2D eigenvalue weighted by molar-refractivity contribution is 6.30. The molecular weight excluding hydrogens is 260 g/mol. The Hall–Kier alpha value is -2.18. The molecule has 0 aliphatic rings. The van der Waals surface area contributed by atoms with Gasteiger partial charge in [0.1, 0.15) is 11.8 Å².